The molecule has 0 aromatic heterocycles. The Balaban J connectivity index is 2.23. The molecule has 2 atom stereocenters. The highest BCUT2D eigenvalue weighted by Crippen LogP contribution is 2.24. The lowest BCUT2D eigenvalue weighted by Crippen LogP contribution is -2.31. The van der Waals surface area contributed by atoms with Gasteiger partial charge in [0.15, 0.2) is 0 Å². The molecular weight excluding hydrogens is 225 g/mol. The summed E-state index contributed by atoms with van der Waals surface area (Å²) >= 11 is 2.56. The fourth-order valence-corrected chi connectivity index (χ4v) is 2.45. The zero-order valence-electron chi connectivity index (χ0n) is 5.86. The molecule has 9 heavy (non-hydrogen) atoms. The number of nitrogens with one attached hydrogen (secondary N) is 1. The Kier molecular flexibility index (Phi) is 3.26. The predicted molar refractivity (Wildman–Crippen MR) is 49.1 cm³/mol. The quantitative estimate of drug-likeness (QED) is 0.544. The lowest BCUT2D eigenvalue weighted by molar-refractivity contribution is 0.410. The summed E-state index contributed by atoms with van der Waals surface area (Å²) in [6, 6.07) is 0.806. The molecule has 1 aliphatic carbocycles. The first kappa shape index (κ1) is 7.79. The number of hydrogen-bond acceptors (Lipinski definition) is 1. The Bertz CT molecular complexity index is 85.0. The second-order valence-corrected chi connectivity index (χ2v) is 4.51. The van der Waals surface area contributed by atoms with E-state index in [1.807, 2.05) is 0 Å². The van der Waals surface area contributed by atoms with Crippen LogP contribution in [-0.4, -0.2) is 17.0 Å². The van der Waals surface area contributed by atoms with Crippen LogP contribution in [-0.2, 0) is 0 Å². The summed E-state index contributed by atoms with van der Waals surface area (Å²) in [6.45, 7) is 0. The van der Waals surface area contributed by atoms with E-state index >= 15 is 0 Å². The lowest BCUT2D eigenvalue weighted by Gasteiger charge is -2.24. The van der Waals surface area contributed by atoms with Crippen LogP contribution in [0.3, 0.4) is 0 Å². The fraction of sp³-hybridized carbons (Fsp3) is 1.00. The third kappa shape index (κ3) is 2.42. The minimum absolute atomic E-state index is 0.806. The Hall–Kier alpha value is 0.690. The third-order valence-corrected chi connectivity index (χ3v) is 3.15. The number of hydrogen-bond donors (Lipinski definition) is 1. The van der Waals surface area contributed by atoms with E-state index in [2.05, 4.69) is 35.0 Å². The first-order valence-electron chi connectivity index (χ1n) is 3.64. The number of rotatable bonds is 1. The monoisotopic (exact) mass is 239 g/mol. The minimum atomic E-state index is 0.806. The summed E-state index contributed by atoms with van der Waals surface area (Å²) in [5.74, 6) is 0. The van der Waals surface area contributed by atoms with E-state index in [1.54, 1.807) is 0 Å². The Labute approximate surface area is 70.7 Å². The van der Waals surface area contributed by atoms with Gasteiger partial charge in [0.05, 0.1) is 0 Å². The zero-order chi connectivity index (χ0) is 6.69. The van der Waals surface area contributed by atoms with Crippen molar-refractivity contribution in [3.05, 3.63) is 0 Å². The lowest BCUT2D eigenvalue weighted by atomic mass is 9.96. The molecule has 1 rings (SSSR count). The predicted octanol–water partition coefficient (Wildman–Crippen LogP) is 1.95. The molecule has 0 aromatic carbocycles. The zero-order valence-corrected chi connectivity index (χ0v) is 8.02. The summed E-state index contributed by atoms with van der Waals surface area (Å²) in [5, 5.41) is 3.33. The van der Waals surface area contributed by atoms with Crippen LogP contribution in [0.5, 0.6) is 0 Å². The van der Waals surface area contributed by atoms with Gasteiger partial charge in [-0.3, -0.25) is 0 Å². The van der Waals surface area contributed by atoms with Crippen LogP contribution in [0.15, 0.2) is 0 Å². The van der Waals surface area contributed by atoms with Crippen LogP contribution in [0, 0.1) is 0 Å². The number of alkyl halides is 1. The molecule has 0 aromatic rings. The first-order chi connectivity index (χ1) is 4.33. The molecule has 2 unspecified atom stereocenters. The summed E-state index contributed by atoms with van der Waals surface area (Å²) in [4.78, 5) is 0. The van der Waals surface area contributed by atoms with Crippen LogP contribution in [0.4, 0.5) is 0 Å². The van der Waals surface area contributed by atoms with Crippen molar-refractivity contribution in [2.45, 2.75) is 35.6 Å². The average Bonchev–Trinajstić information content (AvgIpc) is 1.88. The van der Waals surface area contributed by atoms with Crippen LogP contribution in [0.1, 0.15) is 25.7 Å². The standard InChI is InChI=1S/C7H14IN/c1-9-7-4-2-3-6(8)5-7/h6-7,9H,2-5H2,1H3. The average molecular weight is 239 g/mol. The topological polar surface area (TPSA) is 12.0 Å². The van der Waals surface area contributed by atoms with Gasteiger partial charge in [0.2, 0.25) is 0 Å². The van der Waals surface area contributed by atoms with E-state index in [4.69, 9.17) is 0 Å². The molecule has 0 radical (unpaired) electrons. The first-order valence-corrected chi connectivity index (χ1v) is 4.89. The van der Waals surface area contributed by atoms with Crippen LogP contribution < -0.4 is 5.32 Å². The van der Waals surface area contributed by atoms with Gasteiger partial charge < -0.3 is 5.32 Å². The molecule has 1 saturated carbocycles. The summed E-state index contributed by atoms with van der Waals surface area (Å²) < 4.78 is 0.925. The minimum Gasteiger partial charge on any atom is -0.317 e. The second-order valence-electron chi connectivity index (χ2n) is 2.75. The van der Waals surface area contributed by atoms with E-state index in [0.717, 1.165) is 9.97 Å². The van der Waals surface area contributed by atoms with Gasteiger partial charge in [0.25, 0.3) is 0 Å². The van der Waals surface area contributed by atoms with Crippen molar-refractivity contribution in [3.8, 4) is 0 Å². The van der Waals surface area contributed by atoms with Gasteiger partial charge in [-0.1, -0.05) is 29.0 Å². The molecule has 1 aliphatic rings. The van der Waals surface area contributed by atoms with E-state index in [-0.39, 0.29) is 0 Å². The number of halogens is 1. The molecule has 1 fully saturated rings. The van der Waals surface area contributed by atoms with Crippen molar-refractivity contribution in [2.24, 2.45) is 0 Å². The van der Waals surface area contributed by atoms with Crippen LogP contribution in [0.25, 0.3) is 0 Å². The van der Waals surface area contributed by atoms with Crippen molar-refractivity contribution in [2.75, 3.05) is 7.05 Å². The van der Waals surface area contributed by atoms with Gasteiger partial charge in [-0.15, -0.1) is 0 Å². The third-order valence-electron chi connectivity index (χ3n) is 2.02. The maximum absolute atomic E-state index is 3.33. The van der Waals surface area contributed by atoms with Crippen molar-refractivity contribution < 1.29 is 0 Å². The van der Waals surface area contributed by atoms with E-state index < -0.39 is 0 Å². The van der Waals surface area contributed by atoms with Gasteiger partial charge in [0.1, 0.15) is 0 Å². The van der Waals surface area contributed by atoms with Crippen molar-refractivity contribution in [3.63, 3.8) is 0 Å². The van der Waals surface area contributed by atoms with Crippen molar-refractivity contribution >= 4 is 22.6 Å². The SMILES string of the molecule is CNC1CCCC(I)C1. The Morgan fingerprint density at radius 1 is 1.44 bits per heavy atom. The van der Waals surface area contributed by atoms with Gasteiger partial charge in [-0.25, -0.2) is 0 Å². The highest BCUT2D eigenvalue weighted by atomic mass is 127. The molecular formula is C7H14IN. The molecule has 0 amide bonds. The highest BCUT2D eigenvalue weighted by Gasteiger charge is 2.17. The molecule has 54 valence electrons. The summed E-state index contributed by atoms with van der Waals surface area (Å²) in [5.41, 5.74) is 0. The van der Waals surface area contributed by atoms with E-state index in [9.17, 15) is 0 Å². The normalized spacial score (nSPS) is 36.7. The summed E-state index contributed by atoms with van der Waals surface area (Å²) in [6.07, 6.45) is 5.60. The van der Waals surface area contributed by atoms with Gasteiger partial charge in [-0.2, -0.15) is 0 Å². The molecule has 0 heterocycles. The molecule has 0 aliphatic heterocycles. The molecule has 0 spiro atoms. The molecule has 2 heteroatoms. The Morgan fingerprint density at radius 3 is 2.67 bits per heavy atom. The summed E-state index contributed by atoms with van der Waals surface area (Å²) in [7, 11) is 2.07. The van der Waals surface area contributed by atoms with Gasteiger partial charge in [0, 0.05) is 9.97 Å². The van der Waals surface area contributed by atoms with Crippen LogP contribution >= 0.6 is 22.6 Å². The van der Waals surface area contributed by atoms with E-state index in [0.29, 0.717) is 0 Å². The molecule has 1 nitrogen and oxygen atoms in total. The molecule has 0 saturated heterocycles. The van der Waals surface area contributed by atoms with Gasteiger partial charge in [-0.05, 0) is 26.3 Å². The van der Waals surface area contributed by atoms with Crippen molar-refractivity contribution in [1.82, 2.24) is 5.32 Å². The van der Waals surface area contributed by atoms with Crippen molar-refractivity contribution in [1.29, 1.82) is 0 Å². The maximum atomic E-state index is 3.33. The van der Waals surface area contributed by atoms with Crippen LogP contribution in [0.2, 0.25) is 0 Å². The largest absolute Gasteiger partial charge is 0.317 e. The highest BCUT2D eigenvalue weighted by molar-refractivity contribution is 14.1. The van der Waals surface area contributed by atoms with Gasteiger partial charge >= 0.3 is 0 Å². The van der Waals surface area contributed by atoms with E-state index in [1.165, 1.54) is 25.7 Å². The second kappa shape index (κ2) is 3.76. The Morgan fingerprint density at radius 2 is 2.22 bits per heavy atom. The molecule has 0 bridgehead atoms. The molecule has 1 N–H and O–H groups in total. The smallest absolute Gasteiger partial charge is 0.0124 e. The maximum Gasteiger partial charge on any atom is 0.0124 e. The fourth-order valence-electron chi connectivity index (χ4n) is 1.39.